The van der Waals surface area contributed by atoms with Crippen LogP contribution in [0.1, 0.15) is 32.6 Å². The second-order valence-electron chi connectivity index (χ2n) is 4.73. The van der Waals surface area contributed by atoms with Crippen molar-refractivity contribution in [3.8, 4) is 0 Å². The monoisotopic (exact) mass is 255 g/mol. The summed E-state index contributed by atoms with van der Waals surface area (Å²) in [6.07, 6.45) is 3.77. The van der Waals surface area contributed by atoms with Gasteiger partial charge in [-0.05, 0) is 19.3 Å². The summed E-state index contributed by atoms with van der Waals surface area (Å²) >= 11 is 0. The van der Waals surface area contributed by atoms with E-state index in [1.165, 1.54) is 11.0 Å². The van der Waals surface area contributed by atoms with Gasteiger partial charge in [-0.15, -0.1) is 0 Å². The first-order valence-electron chi connectivity index (χ1n) is 6.31. The van der Waals surface area contributed by atoms with Gasteiger partial charge in [-0.3, -0.25) is 4.79 Å². The van der Waals surface area contributed by atoms with Crippen LogP contribution < -0.4 is 0 Å². The number of piperidine rings is 1. The van der Waals surface area contributed by atoms with E-state index < -0.39 is 17.5 Å². The highest BCUT2D eigenvalue weighted by molar-refractivity contribution is 5.77. The molecule has 1 N–H and O–H groups in total. The molecule has 0 saturated carbocycles. The molecular weight excluding hydrogens is 234 g/mol. The van der Waals surface area contributed by atoms with Crippen molar-refractivity contribution in [3.05, 3.63) is 12.7 Å². The zero-order valence-corrected chi connectivity index (χ0v) is 10.9. The number of likely N-dealkylation sites (tertiary alicyclic amines) is 1. The van der Waals surface area contributed by atoms with Crippen molar-refractivity contribution in [2.75, 3.05) is 19.7 Å². The normalized spacial score (nSPS) is 23.5. The molecule has 1 saturated heterocycles. The molecule has 0 radical (unpaired) electrons. The molecule has 0 bridgehead atoms. The van der Waals surface area contributed by atoms with Gasteiger partial charge in [0.05, 0.1) is 5.41 Å². The van der Waals surface area contributed by atoms with Crippen LogP contribution in [0, 0.1) is 5.41 Å². The largest absolute Gasteiger partial charge is 0.481 e. The predicted octanol–water partition coefficient (Wildman–Crippen LogP) is 2.28. The lowest BCUT2D eigenvalue weighted by atomic mass is 9.76. The van der Waals surface area contributed by atoms with E-state index in [0.29, 0.717) is 25.8 Å². The summed E-state index contributed by atoms with van der Waals surface area (Å²) in [5.41, 5.74) is -0.805. The molecule has 1 rings (SSSR count). The Bertz CT molecular complexity index is 325. The van der Waals surface area contributed by atoms with Gasteiger partial charge in [0.15, 0.2) is 0 Å². The predicted molar refractivity (Wildman–Crippen MR) is 67.3 cm³/mol. The van der Waals surface area contributed by atoms with Crippen LogP contribution in [0.3, 0.4) is 0 Å². The molecular formula is C13H21NO4. The molecule has 0 spiro atoms. The lowest BCUT2D eigenvalue weighted by Gasteiger charge is -2.39. The minimum atomic E-state index is -0.814. The van der Waals surface area contributed by atoms with E-state index in [4.69, 9.17) is 4.74 Å². The second-order valence-corrected chi connectivity index (χ2v) is 4.73. The Labute approximate surface area is 107 Å². The smallest absolute Gasteiger partial charge is 0.410 e. The molecule has 1 unspecified atom stereocenters. The number of rotatable bonds is 5. The maximum Gasteiger partial charge on any atom is 0.410 e. The van der Waals surface area contributed by atoms with E-state index in [1.54, 1.807) is 0 Å². The van der Waals surface area contributed by atoms with Crippen LogP contribution in [0.15, 0.2) is 12.7 Å². The highest BCUT2D eigenvalue weighted by Crippen LogP contribution is 2.35. The molecule has 1 fully saturated rings. The van der Waals surface area contributed by atoms with Gasteiger partial charge in [0.1, 0.15) is 6.61 Å². The molecule has 5 nitrogen and oxygen atoms in total. The van der Waals surface area contributed by atoms with Crippen molar-refractivity contribution in [1.82, 2.24) is 4.90 Å². The Morgan fingerprint density at radius 3 is 2.83 bits per heavy atom. The van der Waals surface area contributed by atoms with Crippen molar-refractivity contribution < 1.29 is 19.4 Å². The fraction of sp³-hybridized carbons (Fsp3) is 0.692. The summed E-state index contributed by atoms with van der Waals surface area (Å²) in [6, 6.07) is 0. The van der Waals surface area contributed by atoms with Crippen LogP contribution in [0.4, 0.5) is 4.79 Å². The quantitative estimate of drug-likeness (QED) is 0.765. The third-order valence-electron chi connectivity index (χ3n) is 3.34. The highest BCUT2D eigenvalue weighted by Gasteiger charge is 2.43. The number of aliphatic carboxylic acids is 1. The first-order chi connectivity index (χ1) is 8.55. The van der Waals surface area contributed by atoms with Crippen molar-refractivity contribution >= 4 is 12.1 Å². The van der Waals surface area contributed by atoms with Gasteiger partial charge in [-0.2, -0.15) is 0 Å². The number of nitrogens with zero attached hydrogens (tertiary/aromatic N) is 1. The Morgan fingerprint density at radius 1 is 1.56 bits per heavy atom. The van der Waals surface area contributed by atoms with E-state index in [0.717, 1.165) is 6.42 Å². The Hall–Kier alpha value is -1.52. The van der Waals surface area contributed by atoms with Gasteiger partial charge in [-0.1, -0.05) is 26.0 Å². The molecule has 0 aromatic heterocycles. The lowest BCUT2D eigenvalue weighted by Crippen LogP contribution is -2.50. The Balaban J connectivity index is 2.71. The third kappa shape index (κ3) is 3.24. The molecule has 1 aliphatic heterocycles. The molecule has 0 aliphatic carbocycles. The standard InChI is InChI=1S/C13H21NO4/c1-3-6-13(11(15)16)7-5-8-14(10-13)12(17)18-9-4-2/h4H,2-3,5-10H2,1H3,(H,15,16). The van der Waals surface area contributed by atoms with E-state index in [9.17, 15) is 14.7 Å². The molecule has 18 heavy (non-hydrogen) atoms. The van der Waals surface area contributed by atoms with Crippen molar-refractivity contribution in [1.29, 1.82) is 0 Å². The first-order valence-corrected chi connectivity index (χ1v) is 6.31. The molecule has 1 amide bonds. The van der Waals surface area contributed by atoms with Crippen LogP contribution in [-0.4, -0.2) is 41.8 Å². The van der Waals surface area contributed by atoms with Crippen molar-refractivity contribution in [3.63, 3.8) is 0 Å². The molecule has 1 heterocycles. The molecule has 1 aliphatic rings. The maximum absolute atomic E-state index is 11.7. The van der Waals surface area contributed by atoms with Gasteiger partial charge < -0.3 is 14.7 Å². The van der Waals surface area contributed by atoms with E-state index >= 15 is 0 Å². The molecule has 102 valence electrons. The summed E-state index contributed by atoms with van der Waals surface area (Å²) in [4.78, 5) is 24.7. The van der Waals surface area contributed by atoms with Crippen LogP contribution in [0.25, 0.3) is 0 Å². The van der Waals surface area contributed by atoms with Crippen LogP contribution >= 0.6 is 0 Å². The maximum atomic E-state index is 11.7. The second kappa shape index (κ2) is 6.42. The van der Waals surface area contributed by atoms with E-state index in [-0.39, 0.29) is 13.2 Å². The fourth-order valence-corrected chi connectivity index (χ4v) is 2.47. The average molecular weight is 255 g/mol. The fourth-order valence-electron chi connectivity index (χ4n) is 2.47. The number of ether oxygens (including phenoxy) is 1. The molecule has 0 aromatic carbocycles. The summed E-state index contributed by atoms with van der Waals surface area (Å²) in [7, 11) is 0. The van der Waals surface area contributed by atoms with Crippen LogP contribution in [0.5, 0.6) is 0 Å². The van der Waals surface area contributed by atoms with Crippen LogP contribution in [0.2, 0.25) is 0 Å². The SMILES string of the molecule is C=CCOC(=O)N1CCCC(CCC)(C(=O)O)C1. The van der Waals surface area contributed by atoms with Gasteiger partial charge in [0, 0.05) is 13.1 Å². The Kier molecular flexibility index (Phi) is 5.19. The van der Waals surface area contributed by atoms with Crippen LogP contribution in [-0.2, 0) is 9.53 Å². The summed E-state index contributed by atoms with van der Waals surface area (Å²) in [5, 5.41) is 9.40. The number of carbonyl (C=O) groups is 2. The number of hydrogen-bond donors (Lipinski definition) is 1. The van der Waals surface area contributed by atoms with Crippen molar-refractivity contribution in [2.24, 2.45) is 5.41 Å². The Morgan fingerprint density at radius 2 is 2.28 bits per heavy atom. The summed E-state index contributed by atoms with van der Waals surface area (Å²) in [5.74, 6) is -0.814. The van der Waals surface area contributed by atoms with Gasteiger partial charge in [0.2, 0.25) is 0 Å². The van der Waals surface area contributed by atoms with Gasteiger partial charge in [-0.25, -0.2) is 4.79 Å². The van der Waals surface area contributed by atoms with Crippen molar-refractivity contribution in [2.45, 2.75) is 32.6 Å². The minimum absolute atomic E-state index is 0.156. The topological polar surface area (TPSA) is 66.8 Å². The van der Waals surface area contributed by atoms with E-state index in [2.05, 4.69) is 6.58 Å². The lowest BCUT2D eigenvalue weighted by molar-refractivity contribution is -0.152. The summed E-state index contributed by atoms with van der Waals surface area (Å²) in [6.45, 7) is 6.39. The van der Waals surface area contributed by atoms with Gasteiger partial charge >= 0.3 is 12.1 Å². The zero-order valence-electron chi connectivity index (χ0n) is 10.9. The average Bonchev–Trinajstić information content (AvgIpc) is 2.36. The first kappa shape index (κ1) is 14.5. The zero-order chi connectivity index (χ0) is 13.6. The highest BCUT2D eigenvalue weighted by atomic mass is 16.6. The number of carbonyl (C=O) groups excluding carboxylic acids is 1. The minimum Gasteiger partial charge on any atom is -0.481 e. The number of carboxylic acids is 1. The van der Waals surface area contributed by atoms with Gasteiger partial charge in [0.25, 0.3) is 0 Å². The molecule has 1 atom stereocenters. The molecule has 0 aromatic rings. The number of hydrogen-bond acceptors (Lipinski definition) is 3. The van der Waals surface area contributed by atoms with E-state index in [1.807, 2.05) is 6.92 Å². The third-order valence-corrected chi connectivity index (χ3v) is 3.34. The number of carboxylic acid groups (broad SMARTS) is 1. The number of amides is 1. The molecule has 5 heteroatoms. The summed E-state index contributed by atoms with van der Waals surface area (Å²) < 4.78 is 4.96.